The average molecular weight is 410 g/mol. The lowest BCUT2D eigenvalue weighted by atomic mass is 10.2. The summed E-state index contributed by atoms with van der Waals surface area (Å²) in [4.78, 5) is 6.24. The van der Waals surface area contributed by atoms with Crippen molar-refractivity contribution in [3.8, 4) is 11.5 Å². The lowest BCUT2D eigenvalue weighted by Gasteiger charge is -2.14. The van der Waals surface area contributed by atoms with Gasteiger partial charge in [0.15, 0.2) is 5.96 Å². The molecule has 158 valence electrons. The molecule has 0 bridgehead atoms. The molecule has 0 amide bonds. The molecule has 0 heterocycles. The van der Waals surface area contributed by atoms with Crippen LogP contribution in [0.25, 0.3) is 0 Å². The van der Waals surface area contributed by atoms with E-state index in [1.165, 1.54) is 24.3 Å². The normalized spacial score (nSPS) is 12.1. The monoisotopic (exact) mass is 410 g/mol. The molecule has 0 aliphatic rings. The van der Waals surface area contributed by atoms with Crippen LogP contribution >= 0.6 is 0 Å². The van der Waals surface area contributed by atoms with Crippen LogP contribution in [0.2, 0.25) is 0 Å². The molecule has 2 aromatic carbocycles. The zero-order valence-electron chi connectivity index (χ0n) is 16.4. The number of nitrogens with two attached hydrogens (primary N) is 1. The van der Waals surface area contributed by atoms with Gasteiger partial charge in [-0.2, -0.15) is 0 Å². The van der Waals surface area contributed by atoms with Gasteiger partial charge in [-0.05, 0) is 37.9 Å². The van der Waals surface area contributed by atoms with Crippen LogP contribution in [-0.4, -0.2) is 44.5 Å². The van der Waals surface area contributed by atoms with Gasteiger partial charge in [-0.25, -0.2) is 4.99 Å². The number of aliphatic imine (C=N–C) groups is 1. The van der Waals surface area contributed by atoms with E-state index in [0.717, 1.165) is 17.9 Å². The number of likely N-dealkylation sites (N-methyl/N-ethyl adjacent to an activating group) is 1. The van der Waals surface area contributed by atoms with Gasteiger partial charge in [-0.15, -0.1) is 13.2 Å². The molecule has 9 heteroatoms. The molecule has 0 saturated heterocycles. The summed E-state index contributed by atoms with van der Waals surface area (Å²) in [6, 6.07) is 13.1. The van der Waals surface area contributed by atoms with Crippen LogP contribution in [0.15, 0.2) is 53.5 Å². The first kappa shape index (κ1) is 22.4. The Morgan fingerprint density at radius 3 is 2.45 bits per heavy atom. The van der Waals surface area contributed by atoms with Crippen molar-refractivity contribution < 1.29 is 22.6 Å². The van der Waals surface area contributed by atoms with Gasteiger partial charge in [-0.3, -0.25) is 0 Å². The SMILES string of the molecule is CN(C)CCOc1ccccc1CNC(N)=NCc1ccc(OC(F)(F)F)cc1. The van der Waals surface area contributed by atoms with Gasteiger partial charge >= 0.3 is 6.36 Å². The Balaban J connectivity index is 1.86. The van der Waals surface area contributed by atoms with E-state index in [1.807, 2.05) is 43.3 Å². The van der Waals surface area contributed by atoms with Crippen LogP contribution in [0, 0.1) is 0 Å². The molecule has 6 nitrogen and oxygen atoms in total. The highest BCUT2D eigenvalue weighted by Crippen LogP contribution is 2.23. The minimum atomic E-state index is -4.71. The topological polar surface area (TPSA) is 72.1 Å². The zero-order chi connectivity index (χ0) is 21.3. The van der Waals surface area contributed by atoms with Crippen molar-refractivity contribution in [3.05, 3.63) is 59.7 Å². The first-order chi connectivity index (χ1) is 13.7. The van der Waals surface area contributed by atoms with Crippen LogP contribution in [0.4, 0.5) is 13.2 Å². The molecular weight excluding hydrogens is 385 g/mol. The molecular formula is C20H25F3N4O2. The maximum Gasteiger partial charge on any atom is 0.573 e. The lowest BCUT2D eigenvalue weighted by molar-refractivity contribution is -0.274. The Hall–Kier alpha value is -2.94. The van der Waals surface area contributed by atoms with E-state index >= 15 is 0 Å². The number of alkyl halides is 3. The molecule has 0 atom stereocenters. The average Bonchev–Trinajstić information content (AvgIpc) is 2.65. The fourth-order valence-corrected chi connectivity index (χ4v) is 2.34. The number of halogens is 3. The van der Waals surface area contributed by atoms with Crippen molar-refractivity contribution in [1.29, 1.82) is 0 Å². The summed E-state index contributed by atoms with van der Waals surface area (Å²) in [7, 11) is 3.95. The maximum atomic E-state index is 12.2. The zero-order valence-corrected chi connectivity index (χ0v) is 16.4. The first-order valence-electron chi connectivity index (χ1n) is 8.97. The third kappa shape index (κ3) is 8.73. The molecule has 2 aromatic rings. The highest BCUT2D eigenvalue weighted by Gasteiger charge is 2.30. The first-order valence-corrected chi connectivity index (χ1v) is 8.97. The molecule has 0 unspecified atom stereocenters. The Kier molecular flexibility index (Phi) is 8.14. The molecule has 0 aliphatic carbocycles. The number of hydrogen-bond acceptors (Lipinski definition) is 4. The van der Waals surface area contributed by atoms with E-state index in [2.05, 4.69) is 15.0 Å². The molecule has 0 fully saturated rings. The Morgan fingerprint density at radius 1 is 1.10 bits per heavy atom. The van der Waals surface area contributed by atoms with Crippen molar-refractivity contribution in [1.82, 2.24) is 10.2 Å². The number of guanidine groups is 1. The molecule has 0 radical (unpaired) electrons. The second kappa shape index (κ2) is 10.6. The summed E-state index contributed by atoms with van der Waals surface area (Å²) in [5.41, 5.74) is 7.54. The third-order valence-corrected chi connectivity index (χ3v) is 3.82. The van der Waals surface area contributed by atoms with Gasteiger partial charge in [0.05, 0.1) is 6.54 Å². The quantitative estimate of drug-likeness (QED) is 0.491. The summed E-state index contributed by atoms with van der Waals surface area (Å²) in [5.74, 6) is 0.723. The van der Waals surface area contributed by atoms with Crippen molar-refractivity contribution in [2.24, 2.45) is 10.7 Å². The maximum absolute atomic E-state index is 12.2. The number of hydrogen-bond donors (Lipinski definition) is 2. The Morgan fingerprint density at radius 2 is 1.79 bits per heavy atom. The highest BCUT2D eigenvalue weighted by molar-refractivity contribution is 5.77. The minimum Gasteiger partial charge on any atom is -0.492 e. The molecule has 0 spiro atoms. The smallest absolute Gasteiger partial charge is 0.492 e. The predicted molar refractivity (Wildman–Crippen MR) is 106 cm³/mol. The molecule has 29 heavy (non-hydrogen) atoms. The summed E-state index contributed by atoms with van der Waals surface area (Å²) in [6.07, 6.45) is -4.71. The number of nitrogens with one attached hydrogen (secondary N) is 1. The molecule has 2 rings (SSSR count). The second-order valence-corrected chi connectivity index (χ2v) is 6.51. The van der Waals surface area contributed by atoms with Crippen LogP contribution < -0.4 is 20.5 Å². The summed E-state index contributed by atoms with van der Waals surface area (Å²) >= 11 is 0. The van der Waals surface area contributed by atoms with E-state index in [-0.39, 0.29) is 18.3 Å². The van der Waals surface area contributed by atoms with Crippen molar-refractivity contribution in [2.45, 2.75) is 19.5 Å². The highest BCUT2D eigenvalue weighted by atomic mass is 19.4. The van der Waals surface area contributed by atoms with Crippen LogP contribution in [0.3, 0.4) is 0 Å². The Bertz CT molecular complexity index is 793. The van der Waals surface area contributed by atoms with Gasteiger partial charge in [-0.1, -0.05) is 30.3 Å². The van der Waals surface area contributed by atoms with E-state index in [1.54, 1.807) is 0 Å². The van der Waals surface area contributed by atoms with E-state index in [0.29, 0.717) is 18.7 Å². The predicted octanol–water partition coefficient (Wildman–Crippen LogP) is 3.13. The van der Waals surface area contributed by atoms with Crippen LogP contribution in [-0.2, 0) is 13.1 Å². The van der Waals surface area contributed by atoms with Crippen molar-refractivity contribution in [3.63, 3.8) is 0 Å². The second-order valence-electron chi connectivity index (χ2n) is 6.51. The summed E-state index contributed by atoms with van der Waals surface area (Å²) in [5, 5.41) is 3.02. The fourth-order valence-electron chi connectivity index (χ4n) is 2.34. The number of ether oxygens (including phenoxy) is 2. The van der Waals surface area contributed by atoms with E-state index in [4.69, 9.17) is 10.5 Å². The number of benzene rings is 2. The van der Waals surface area contributed by atoms with Crippen LogP contribution in [0.1, 0.15) is 11.1 Å². The van der Waals surface area contributed by atoms with Crippen LogP contribution in [0.5, 0.6) is 11.5 Å². The van der Waals surface area contributed by atoms with Gasteiger partial charge < -0.3 is 25.4 Å². The lowest BCUT2D eigenvalue weighted by Crippen LogP contribution is -2.31. The number of rotatable bonds is 9. The fraction of sp³-hybridized carbons (Fsp3) is 0.350. The third-order valence-electron chi connectivity index (χ3n) is 3.82. The van der Waals surface area contributed by atoms with Crippen molar-refractivity contribution >= 4 is 5.96 Å². The molecule has 0 aromatic heterocycles. The van der Waals surface area contributed by atoms with Gasteiger partial charge in [0.2, 0.25) is 0 Å². The van der Waals surface area contributed by atoms with Crippen molar-refractivity contribution in [2.75, 3.05) is 27.2 Å². The number of para-hydroxylation sites is 1. The van der Waals surface area contributed by atoms with Gasteiger partial charge in [0.25, 0.3) is 0 Å². The van der Waals surface area contributed by atoms with Gasteiger partial charge in [0, 0.05) is 18.7 Å². The van der Waals surface area contributed by atoms with E-state index < -0.39 is 6.36 Å². The Labute approximate surface area is 168 Å². The van der Waals surface area contributed by atoms with E-state index in [9.17, 15) is 13.2 Å². The van der Waals surface area contributed by atoms with Gasteiger partial charge in [0.1, 0.15) is 18.1 Å². The summed E-state index contributed by atoms with van der Waals surface area (Å²) < 4.78 is 46.2. The largest absolute Gasteiger partial charge is 0.573 e. The molecule has 3 N–H and O–H groups in total. The molecule has 0 saturated carbocycles. The standard InChI is InChI=1S/C20H25F3N4O2/c1-27(2)11-12-28-18-6-4-3-5-16(18)14-26-19(24)25-13-15-7-9-17(10-8-15)29-20(21,22)23/h3-10H,11-14H2,1-2H3,(H3,24,25,26). The molecule has 0 aliphatic heterocycles. The minimum absolute atomic E-state index is 0.226. The number of nitrogens with zero attached hydrogens (tertiary/aromatic N) is 2. The summed E-state index contributed by atoms with van der Waals surface area (Å²) in [6.45, 7) is 2.04.